The molecule has 0 aliphatic rings. The highest BCUT2D eigenvalue weighted by atomic mass is 16.5. The number of aliphatic hydroxyl groups is 2. The Hall–Kier alpha value is -1.66. The summed E-state index contributed by atoms with van der Waals surface area (Å²) in [7, 11) is 0. The third-order valence-electron chi connectivity index (χ3n) is 11.7. The second-order valence-electron chi connectivity index (χ2n) is 17.5. The molecule has 0 aromatic rings. The standard InChI is InChI=1S/C52H99NO5/c1-3-5-7-9-11-13-15-17-18-19-20-21-22-23-24-28-32-36-40-44-50(55)49(48-54)53-51(56)45-41-37-33-29-26-27-31-35-39-43-47-58-52(57)46-42-38-34-30-25-16-14-12-10-8-6-4-2/h27,31,40,44,49-50,54-55H,3-26,28-30,32-39,41-43,45-48H2,1-2H3,(H,53,56)/b31-27-,44-40+. The molecule has 0 saturated heterocycles. The molecule has 0 fully saturated rings. The predicted octanol–water partition coefficient (Wildman–Crippen LogP) is 15.1. The van der Waals surface area contributed by atoms with E-state index in [1.54, 1.807) is 6.08 Å². The maximum absolute atomic E-state index is 12.4. The number of esters is 1. The monoisotopic (exact) mass is 818 g/mol. The van der Waals surface area contributed by atoms with Gasteiger partial charge >= 0.3 is 5.97 Å². The average molecular weight is 818 g/mol. The second-order valence-corrected chi connectivity index (χ2v) is 17.5. The number of amides is 1. The average Bonchev–Trinajstić information content (AvgIpc) is 3.22. The van der Waals surface area contributed by atoms with E-state index in [1.807, 2.05) is 6.08 Å². The van der Waals surface area contributed by atoms with E-state index in [9.17, 15) is 19.8 Å². The maximum Gasteiger partial charge on any atom is 0.305 e. The summed E-state index contributed by atoms with van der Waals surface area (Å²) in [5, 5.41) is 23.1. The number of unbranched alkanes of at least 4 members (excludes halogenated alkanes) is 34. The summed E-state index contributed by atoms with van der Waals surface area (Å²) >= 11 is 0. The van der Waals surface area contributed by atoms with E-state index in [4.69, 9.17) is 4.74 Å². The van der Waals surface area contributed by atoms with Crippen molar-refractivity contribution in [3.63, 3.8) is 0 Å². The molecule has 0 saturated carbocycles. The van der Waals surface area contributed by atoms with Crippen LogP contribution >= 0.6 is 0 Å². The van der Waals surface area contributed by atoms with Crippen LogP contribution in [0.4, 0.5) is 0 Å². The van der Waals surface area contributed by atoms with Gasteiger partial charge in [0.2, 0.25) is 5.91 Å². The lowest BCUT2D eigenvalue weighted by atomic mass is 10.0. The van der Waals surface area contributed by atoms with Gasteiger partial charge in [-0.05, 0) is 57.8 Å². The first-order valence-electron chi connectivity index (χ1n) is 25.6. The molecular formula is C52H99NO5. The maximum atomic E-state index is 12.4. The molecule has 0 rings (SSSR count). The Morgan fingerprint density at radius 1 is 0.466 bits per heavy atom. The molecule has 0 aliphatic heterocycles. The summed E-state index contributed by atoms with van der Waals surface area (Å²) < 4.78 is 5.42. The summed E-state index contributed by atoms with van der Waals surface area (Å²) in [4.78, 5) is 24.4. The number of nitrogens with one attached hydrogen (secondary N) is 1. The Labute approximate surface area is 361 Å². The highest BCUT2D eigenvalue weighted by Gasteiger charge is 2.18. The number of ether oxygens (including phenoxy) is 1. The first kappa shape index (κ1) is 56.3. The summed E-state index contributed by atoms with van der Waals surface area (Å²) in [6, 6.07) is -0.652. The van der Waals surface area contributed by atoms with Gasteiger partial charge in [0.25, 0.3) is 0 Å². The Balaban J connectivity index is 3.57. The van der Waals surface area contributed by atoms with Crippen LogP contribution in [0.5, 0.6) is 0 Å². The van der Waals surface area contributed by atoms with Crippen molar-refractivity contribution in [1.29, 1.82) is 0 Å². The minimum absolute atomic E-state index is 0.0377. The van der Waals surface area contributed by atoms with Gasteiger partial charge in [0, 0.05) is 12.8 Å². The highest BCUT2D eigenvalue weighted by Crippen LogP contribution is 2.16. The van der Waals surface area contributed by atoms with Gasteiger partial charge in [-0.3, -0.25) is 9.59 Å². The van der Waals surface area contributed by atoms with Crippen LogP contribution in [0.25, 0.3) is 0 Å². The van der Waals surface area contributed by atoms with E-state index in [2.05, 4.69) is 31.3 Å². The lowest BCUT2D eigenvalue weighted by Crippen LogP contribution is -2.45. The van der Waals surface area contributed by atoms with E-state index < -0.39 is 12.1 Å². The zero-order chi connectivity index (χ0) is 42.3. The fourth-order valence-corrected chi connectivity index (χ4v) is 7.74. The van der Waals surface area contributed by atoms with E-state index in [0.29, 0.717) is 19.4 Å². The van der Waals surface area contributed by atoms with Crippen LogP contribution in [0.15, 0.2) is 24.3 Å². The molecule has 1 amide bonds. The Morgan fingerprint density at radius 2 is 0.810 bits per heavy atom. The van der Waals surface area contributed by atoms with Crippen LogP contribution in [-0.4, -0.2) is 47.4 Å². The summed E-state index contributed by atoms with van der Waals surface area (Å²) in [6.45, 7) is 4.82. The molecule has 0 bridgehead atoms. The first-order chi connectivity index (χ1) is 28.5. The van der Waals surface area contributed by atoms with Crippen molar-refractivity contribution in [3.8, 4) is 0 Å². The van der Waals surface area contributed by atoms with Crippen molar-refractivity contribution in [1.82, 2.24) is 5.32 Å². The topological polar surface area (TPSA) is 95.9 Å². The van der Waals surface area contributed by atoms with E-state index in [0.717, 1.165) is 77.0 Å². The highest BCUT2D eigenvalue weighted by molar-refractivity contribution is 5.76. The van der Waals surface area contributed by atoms with Crippen molar-refractivity contribution < 1.29 is 24.5 Å². The fraction of sp³-hybridized carbons (Fsp3) is 0.885. The predicted molar refractivity (Wildman–Crippen MR) is 250 cm³/mol. The minimum Gasteiger partial charge on any atom is -0.466 e. The molecule has 0 spiro atoms. The van der Waals surface area contributed by atoms with E-state index in [1.165, 1.54) is 167 Å². The van der Waals surface area contributed by atoms with Crippen molar-refractivity contribution >= 4 is 11.9 Å². The van der Waals surface area contributed by atoms with Crippen molar-refractivity contribution in [2.75, 3.05) is 13.2 Å². The molecule has 6 heteroatoms. The van der Waals surface area contributed by atoms with Crippen molar-refractivity contribution in [2.24, 2.45) is 0 Å². The number of allylic oxidation sites excluding steroid dienone is 3. The summed E-state index contributed by atoms with van der Waals surface area (Å²) in [5.41, 5.74) is 0. The molecule has 342 valence electrons. The number of rotatable bonds is 47. The third-order valence-corrected chi connectivity index (χ3v) is 11.7. The van der Waals surface area contributed by atoms with Crippen LogP contribution in [-0.2, 0) is 14.3 Å². The van der Waals surface area contributed by atoms with Gasteiger partial charge in [-0.25, -0.2) is 0 Å². The summed E-state index contributed by atoms with van der Waals surface area (Å²) in [6.07, 6.45) is 56.1. The Kier molecular flexibility index (Phi) is 46.6. The SMILES string of the molecule is CCCCCCCCCCCCCCCCCCC/C=C/C(O)C(CO)NC(=O)CCCCCC/C=C\CCCCOC(=O)CCCCCCCCCCCCCC. The largest absolute Gasteiger partial charge is 0.466 e. The van der Waals surface area contributed by atoms with Gasteiger partial charge in [-0.1, -0.05) is 224 Å². The zero-order valence-electron chi connectivity index (χ0n) is 38.8. The van der Waals surface area contributed by atoms with Crippen LogP contribution in [0.2, 0.25) is 0 Å². The molecular weight excluding hydrogens is 719 g/mol. The van der Waals surface area contributed by atoms with Gasteiger partial charge in [-0.2, -0.15) is 0 Å². The normalized spacial score (nSPS) is 12.8. The molecule has 0 heterocycles. The third kappa shape index (κ3) is 43.9. The quantitative estimate of drug-likeness (QED) is 0.0323. The minimum atomic E-state index is -0.865. The molecule has 2 unspecified atom stereocenters. The second kappa shape index (κ2) is 48.0. The molecule has 0 aromatic heterocycles. The van der Waals surface area contributed by atoms with Gasteiger partial charge in [0.1, 0.15) is 0 Å². The molecule has 0 aliphatic carbocycles. The van der Waals surface area contributed by atoms with Gasteiger partial charge < -0.3 is 20.3 Å². The van der Waals surface area contributed by atoms with Crippen molar-refractivity contribution in [3.05, 3.63) is 24.3 Å². The first-order valence-corrected chi connectivity index (χ1v) is 25.6. The van der Waals surface area contributed by atoms with Gasteiger partial charge in [0.15, 0.2) is 0 Å². The Bertz CT molecular complexity index is 904. The lowest BCUT2D eigenvalue weighted by Gasteiger charge is -2.20. The number of carbonyl (C=O) groups is 2. The van der Waals surface area contributed by atoms with Crippen LogP contribution < -0.4 is 5.32 Å². The summed E-state index contributed by atoms with van der Waals surface area (Å²) in [5.74, 6) is -0.140. The smallest absolute Gasteiger partial charge is 0.305 e. The molecule has 3 N–H and O–H groups in total. The van der Waals surface area contributed by atoms with Crippen LogP contribution in [0.1, 0.15) is 271 Å². The van der Waals surface area contributed by atoms with Crippen molar-refractivity contribution in [2.45, 2.75) is 283 Å². The zero-order valence-corrected chi connectivity index (χ0v) is 38.8. The molecule has 58 heavy (non-hydrogen) atoms. The number of carbonyl (C=O) groups excluding carboxylic acids is 2. The fourth-order valence-electron chi connectivity index (χ4n) is 7.74. The number of hydrogen-bond donors (Lipinski definition) is 3. The van der Waals surface area contributed by atoms with Gasteiger partial charge in [-0.15, -0.1) is 0 Å². The molecule has 6 nitrogen and oxygen atoms in total. The Morgan fingerprint density at radius 3 is 1.22 bits per heavy atom. The molecule has 0 aromatic carbocycles. The number of aliphatic hydroxyl groups excluding tert-OH is 2. The van der Waals surface area contributed by atoms with E-state index >= 15 is 0 Å². The lowest BCUT2D eigenvalue weighted by molar-refractivity contribution is -0.143. The molecule has 0 radical (unpaired) electrons. The van der Waals surface area contributed by atoms with Gasteiger partial charge in [0.05, 0.1) is 25.4 Å². The molecule has 2 atom stereocenters. The van der Waals surface area contributed by atoms with E-state index in [-0.39, 0.29) is 18.5 Å². The van der Waals surface area contributed by atoms with Crippen LogP contribution in [0, 0.1) is 0 Å². The van der Waals surface area contributed by atoms with Crippen LogP contribution in [0.3, 0.4) is 0 Å². The number of hydrogen-bond acceptors (Lipinski definition) is 5.